The van der Waals surface area contributed by atoms with Crippen LogP contribution in [0.5, 0.6) is 0 Å². The molecule has 2 aromatic rings. The zero-order chi connectivity index (χ0) is 13.9. The molecule has 4 nitrogen and oxygen atoms in total. The fourth-order valence-electron chi connectivity index (χ4n) is 2.97. The van der Waals surface area contributed by atoms with Crippen LogP contribution in [0.25, 0.3) is 10.9 Å². The number of fused-ring (bicyclic) bond motifs is 1. The van der Waals surface area contributed by atoms with Gasteiger partial charge in [-0.3, -0.25) is 4.79 Å². The summed E-state index contributed by atoms with van der Waals surface area (Å²) in [6, 6.07) is 10.4. The van der Waals surface area contributed by atoms with E-state index in [0.29, 0.717) is 0 Å². The highest BCUT2D eigenvalue weighted by Crippen LogP contribution is 2.20. The van der Waals surface area contributed by atoms with Crippen molar-refractivity contribution in [2.75, 3.05) is 13.1 Å². The molecule has 0 spiro atoms. The third-order valence-electron chi connectivity index (χ3n) is 3.99. The second-order valence-electron chi connectivity index (χ2n) is 5.35. The number of aryl methyl sites for hydroxylation is 1. The molecule has 0 bridgehead atoms. The van der Waals surface area contributed by atoms with Gasteiger partial charge in [0.2, 0.25) is 0 Å². The molecular formula is C16H21N3O. The van der Waals surface area contributed by atoms with E-state index >= 15 is 0 Å². The standard InChI is InChI=1S/C16H21N3O/c1-2-19-14-8-4-3-6-12(14)10-15(19)16(20)18-13-7-5-9-17-11-13/h3-4,6,8,10,13,17H,2,5,7,9,11H2,1H3,(H,18,20). The van der Waals surface area contributed by atoms with Crippen LogP contribution in [0.1, 0.15) is 30.3 Å². The van der Waals surface area contributed by atoms with Crippen LogP contribution in [0, 0.1) is 0 Å². The van der Waals surface area contributed by atoms with E-state index in [1.54, 1.807) is 0 Å². The average Bonchev–Trinajstić information content (AvgIpc) is 2.87. The van der Waals surface area contributed by atoms with Crippen LogP contribution in [0.15, 0.2) is 30.3 Å². The van der Waals surface area contributed by atoms with Crippen molar-refractivity contribution in [3.05, 3.63) is 36.0 Å². The highest BCUT2D eigenvalue weighted by molar-refractivity contribution is 5.98. The first-order chi connectivity index (χ1) is 9.79. The second-order valence-corrected chi connectivity index (χ2v) is 5.35. The van der Waals surface area contributed by atoms with Crippen LogP contribution >= 0.6 is 0 Å². The maximum absolute atomic E-state index is 12.5. The maximum atomic E-state index is 12.5. The lowest BCUT2D eigenvalue weighted by atomic mass is 10.1. The summed E-state index contributed by atoms with van der Waals surface area (Å²) in [4.78, 5) is 12.5. The van der Waals surface area contributed by atoms with Crippen molar-refractivity contribution in [3.8, 4) is 0 Å². The molecule has 106 valence electrons. The summed E-state index contributed by atoms with van der Waals surface area (Å²) >= 11 is 0. The van der Waals surface area contributed by atoms with Crippen LogP contribution in [-0.4, -0.2) is 29.6 Å². The molecule has 1 aliphatic heterocycles. The van der Waals surface area contributed by atoms with Gasteiger partial charge in [0.05, 0.1) is 0 Å². The van der Waals surface area contributed by atoms with E-state index in [0.717, 1.165) is 49.1 Å². The first kappa shape index (κ1) is 13.2. The molecule has 0 aliphatic carbocycles. The Labute approximate surface area is 119 Å². The number of para-hydroxylation sites is 1. The Morgan fingerprint density at radius 3 is 3.05 bits per heavy atom. The Morgan fingerprint density at radius 2 is 2.30 bits per heavy atom. The van der Waals surface area contributed by atoms with Crippen molar-refractivity contribution in [1.29, 1.82) is 0 Å². The Bertz CT molecular complexity index is 611. The zero-order valence-corrected chi connectivity index (χ0v) is 11.9. The number of piperidine rings is 1. The largest absolute Gasteiger partial charge is 0.347 e. The summed E-state index contributed by atoms with van der Waals surface area (Å²) < 4.78 is 2.08. The predicted octanol–water partition coefficient (Wildman–Crippen LogP) is 2.14. The smallest absolute Gasteiger partial charge is 0.268 e. The molecule has 1 saturated heterocycles. The number of hydrogen-bond donors (Lipinski definition) is 2. The summed E-state index contributed by atoms with van der Waals surface area (Å²) in [5.41, 5.74) is 1.89. The molecule has 1 atom stereocenters. The molecule has 1 amide bonds. The van der Waals surface area contributed by atoms with E-state index in [-0.39, 0.29) is 11.9 Å². The monoisotopic (exact) mass is 271 g/mol. The number of hydrogen-bond acceptors (Lipinski definition) is 2. The van der Waals surface area contributed by atoms with Gasteiger partial charge in [0.25, 0.3) is 5.91 Å². The van der Waals surface area contributed by atoms with Gasteiger partial charge in [-0.25, -0.2) is 0 Å². The minimum Gasteiger partial charge on any atom is -0.347 e. The third-order valence-corrected chi connectivity index (χ3v) is 3.99. The molecule has 20 heavy (non-hydrogen) atoms. The molecule has 0 radical (unpaired) electrons. The van der Waals surface area contributed by atoms with E-state index in [2.05, 4.69) is 34.3 Å². The first-order valence-electron chi connectivity index (χ1n) is 7.39. The summed E-state index contributed by atoms with van der Waals surface area (Å²) in [6.07, 6.45) is 2.19. The van der Waals surface area contributed by atoms with Gasteiger partial charge in [0.1, 0.15) is 5.69 Å². The molecule has 0 saturated carbocycles. The third kappa shape index (κ3) is 2.43. The number of aromatic nitrogens is 1. The minimum atomic E-state index is 0.0387. The second kappa shape index (κ2) is 5.67. The molecule has 1 unspecified atom stereocenters. The summed E-state index contributed by atoms with van der Waals surface area (Å²) in [6.45, 7) is 4.81. The van der Waals surface area contributed by atoms with Gasteiger partial charge in [0.15, 0.2) is 0 Å². The number of nitrogens with one attached hydrogen (secondary N) is 2. The van der Waals surface area contributed by atoms with Gasteiger partial charge in [-0.1, -0.05) is 18.2 Å². The van der Waals surface area contributed by atoms with Crippen LogP contribution in [0.2, 0.25) is 0 Å². The quantitative estimate of drug-likeness (QED) is 0.898. The van der Waals surface area contributed by atoms with E-state index in [1.807, 2.05) is 18.2 Å². The van der Waals surface area contributed by atoms with Crippen LogP contribution in [0.3, 0.4) is 0 Å². The van der Waals surface area contributed by atoms with Crippen LogP contribution < -0.4 is 10.6 Å². The number of benzene rings is 1. The summed E-state index contributed by atoms with van der Waals surface area (Å²) in [7, 11) is 0. The first-order valence-corrected chi connectivity index (χ1v) is 7.39. The highest BCUT2D eigenvalue weighted by Gasteiger charge is 2.19. The topological polar surface area (TPSA) is 46.1 Å². The molecule has 4 heteroatoms. The number of carbonyl (C=O) groups excluding carboxylic acids is 1. The van der Waals surface area contributed by atoms with E-state index in [9.17, 15) is 4.79 Å². The lowest BCUT2D eigenvalue weighted by Crippen LogP contribution is -2.46. The number of amides is 1. The van der Waals surface area contributed by atoms with Crippen LogP contribution in [0.4, 0.5) is 0 Å². The van der Waals surface area contributed by atoms with E-state index < -0.39 is 0 Å². The molecule has 1 aliphatic rings. The normalized spacial score (nSPS) is 19.1. The van der Waals surface area contributed by atoms with Crippen molar-refractivity contribution in [3.63, 3.8) is 0 Å². The fraction of sp³-hybridized carbons (Fsp3) is 0.438. The van der Waals surface area contributed by atoms with Gasteiger partial charge in [-0.05, 0) is 38.4 Å². The van der Waals surface area contributed by atoms with Crippen molar-refractivity contribution in [1.82, 2.24) is 15.2 Å². The number of rotatable bonds is 3. The molecule has 1 aromatic carbocycles. The highest BCUT2D eigenvalue weighted by atomic mass is 16.2. The summed E-state index contributed by atoms with van der Waals surface area (Å²) in [5, 5.41) is 7.60. The summed E-state index contributed by atoms with van der Waals surface area (Å²) in [5.74, 6) is 0.0387. The van der Waals surface area contributed by atoms with Gasteiger partial charge >= 0.3 is 0 Å². The number of carbonyl (C=O) groups is 1. The van der Waals surface area contributed by atoms with Gasteiger partial charge in [0, 0.05) is 30.0 Å². The Balaban J connectivity index is 1.86. The Kier molecular flexibility index (Phi) is 3.74. The van der Waals surface area contributed by atoms with E-state index in [4.69, 9.17) is 0 Å². The lowest BCUT2D eigenvalue weighted by Gasteiger charge is -2.24. The van der Waals surface area contributed by atoms with Gasteiger partial charge in [-0.15, -0.1) is 0 Å². The predicted molar refractivity (Wildman–Crippen MR) is 81.0 cm³/mol. The molecular weight excluding hydrogens is 250 g/mol. The Morgan fingerprint density at radius 1 is 1.45 bits per heavy atom. The van der Waals surface area contributed by atoms with Gasteiger partial charge in [-0.2, -0.15) is 0 Å². The zero-order valence-electron chi connectivity index (χ0n) is 11.9. The average molecular weight is 271 g/mol. The maximum Gasteiger partial charge on any atom is 0.268 e. The van der Waals surface area contributed by atoms with E-state index in [1.165, 1.54) is 0 Å². The lowest BCUT2D eigenvalue weighted by molar-refractivity contribution is 0.0922. The fourth-order valence-corrected chi connectivity index (χ4v) is 2.97. The molecule has 1 fully saturated rings. The number of nitrogens with zero attached hydrogens (tertiary/aromatic N) is 1. The molecule has 1 aromatic heterocycles. The molecule has 3 rings (SSSR count). The van der Waals surface area contributed by atoms with Crippen molar-refractivity contribution < 1.29 is 4.79 Å². The van der Waals surface area contributed by atoms with Crippen LogP contribution in [-0.2, 0) is 6.54 Å². The Hall–Kier alpha value is -1.81. The van der Waals surface area contributed by atoms with Gasteiger partial charge < -0.3 is 15.2 Å². The molecule has 2 heterocycles. The minimum absolute atomic E-state index is 0.0387. The molecule has 2 N–H and O–H groups in total. The SMILES string of the molecule is CCn1c(C(=O)NC2CCCNC2)cc2ccccc21. The van der Waals surface area contributed by atoms with Crippen molar-refractivity contribution >= 4 is 16.8 Å². The van der Waals surface area contributed by atoms with Crippen molar-refractivity contribution in [2.24, 2.45) is 0 Å². The van der Waals surface area contributed by atoms with Crippen molar-refractivity contribution in [2.45, 2.75) is 32.4 Å².